The number of aromatic nitrogens is 2. The predicted molar refractivity (Wildman–Crippen MR) is 119 cm³/mol. The van der Waals surface area contributed by atoms with E-state index in [1.807, 2.05) is 0 Å². The summed E-state index contributed by atoms with van der Waals surface area (Å²) in [5.74, 6) is -0.428. The molecule has 1 aromatic heterocycles. The molecule has 178 valence electrons. The molecular formula is C22H25BrF2N4O4. The van der Waals surface area contributed by atoms with Crippen LogP contribution in [-0.4, -0.2) is 81.1 Å². The molecule has 3 saturated heterocycles. The Morgan fingerprint density at radius 1 is 1.36 bits per heavy atom. The molecule has 1 N–H and O–H groups in total. The molecular weight excluding hydrogens is 502 g/mol. The van der Waals surface area contributed by atoms with Gasteiger partial charge in [0.1, 0.15) is 24.4 Å². The molecule has 1 amide bonds. The summed E-state index contributed by atoms with van der Waals surface area (Å²) in [4.78, 5) is 23.6. The van der Waals surface area contributed by atoms with Gasteiger partial charge in [0, 0.05) is 25.9 Å². The topological polar surface area (TPSA) is 88.0 Å². The molecule has 0 unspecified atom stereocenters. The maximum Gasteiger partial charge on any atom is 0.407 e. The highest BCUT2D eigenvalue weighted by molar-refractivity contribution is 9.10. The predicted octanol–water partition coefficient (Wildman–Crippen LogP) is 4.01. The summed E-state index contributed by atoms with van der Waals surface area (Å²) < 4.78 is 41.3. The van der Waals surface area contributed by atoms with Crippen molar-refractivity contribution in [3.8, 4) is 11.9 Å². The minimum absolute atomic E-state index is 0.0423. The number of likely N-dealkylation sites (tertiary alicyclic amines) is 1. The fraction of sp³-hybridized carbons (Fsp3) is 0.591. The van der Waals surface area contributed by atoms with Crippen LogP contribution in [0.15, 0.2) is 16.6 Å². The minimum atomic E-state index is -1.01. The molecule has 0 radical (unpaired) electrons. The molecule has 4 heterocycles. The Morgan fingerprint density at radius 3 is 2.94 bits per heavy atom. The SMILES string of the molecule is C[C@@H]1[C@H](Oc2nc(OC[C@@]34CCCN3C[C@H](F)C4)nc3c(F)c(Br)ccc23)CCN1C(=O)O. The molecule has 3 fully saturated rings. The number of hydrogen-bond acceptors (Lipinski definition) is 6. The van der Waals surface area contributed by atoms with E-state index in [4.69, 9.17) is 9.47 Å². The summed E-state index contributed by atoms with van der Waals surface area (Å²) >= 11 is 3.19. The first-order chi connectivity index (χ1) is 15.8. The fourth-order valence-corrected chi connectivity index (χ4v) is 5.69. The van der Waals surface area contributed by atoms with Crippen LogP contribution in [0.5, 0.6) is 11.9 Å². The maximum absolute atomic E-state index is 14.9. The summed E-state index contributed by atoms with van der Waals surface area (Å²) in [7, 11) is 0. The van der Waals surface area contributed by atoms with Gasteiger partial charge in [-0.3, -0.25) is 4.90 Å². The molecule has 0 saturated carbocycles. The van der Waals surface area contributed by atoms with Crippen molar-refractivity contribution in [2.75, 3.05) is 26.2 Å². The molecule has 0 spiro atoms. The van der Waals surface area contributed by atoms with Gasteiger partial charge in [-0.05, 0) is 54.4 Å². The zero-order valence-electron chi connectivity index (χ0n) is 18.1. The van der Waals surface area contributed by atoms with Crippen LogP contribution in [0.25, 0.3) is 10.9 Å². The normalized spacial score (nSPS) is 29.6. The summed E-state index contributed by atoms with van der Waals surface area (Å²) in [5.41, 5.74) is -0.350. The van der Waals surface area contributed by atoms with Crippen molar-refractivity contribution in [3.63, 3.8) is 0 Å². The molecule has 8 nitrogen and oxygen atoms in total. The van der Waals surface area contributed by atoms with Crippen LogP contribution in [0.4, 0.5) is 13.6 Å². The fourth-order valence-electron chi connectivity index (χ4n) is 5.37. The Balaban J connectivity index is 1.45. The second kappa shape index (κ2) is 8.50. The largest absolute Gasteiger partial charge is 0.471 e. The van der Waals surface area contributed by atoms with E-state index in [0.717, 1.165) is 19.4 Å². The number of amides is 1. The summed E-state index contributed by atoms with van der Waals surface area (Å²) in [6.07, 6.45) is 0.352. The minimum Gasteiger partial charge on any atom is -0.471 e. The van der Waals surface area contributed by atoms with E-state index in [0.29, 0.717) is 31.3 Å². The zero-order valence-corrected chi connectivity index (χ0v) is 19.7. The lowest BCUT2D eigenvalue weighted by molar-refractivity contribution is 0.103. The summed E-state index contributed by atoms with van der Waals surface area (Å²) in [6, 6.07) is 2.77. The molecule has 1 aromatic carbocycles. The molecule has 0 aliphatic carbocycles. The highest BCUT2D eigenvalue weighted by atomic mass is 79.9. The van der Waals surface area contributed by atoms with Gasteiger partial charge < -0.3 is 19.5 Å². The standard InChI is InChI=1S/C22H25BrF2N4O4/c1-12-16(5-8-29(12)21(30)31)33-19-14-3-4-15(23)17(25)18(14)26-20(27-19)32-11-22-6-2-7-28(22)10-13(24)9-22/h3-4,12-13,16H,2,5-11H2,1H3,(H,30,31)/t12-,13-,16-,22+/m1/s1. The quantitative estimate of drug-likeness (QED) is 0.629. The summed E-state index contributed by atoms with van der Waals surface area (Å²) in [6.45, 7) is 3.55. The van der Waals surface area contributed by atoms with Crippen LogP contribution < -0.4 is 9.47 Å². The Labute approximate surface area is 198 Å². The van der Waals surface area contributed by atoms with Gasteiger partial charge in [0.05, 0.1) is 21.4 Å². The second-order valence-corrected chi connectivity index (χ2v) is 9.95. The van der Waals surface area contributed by atoms with Gasteiger partial charge in [-0.25, -0.2) is 13.6 Å². The lowest BCUT2D eigenvalue weighted by atomic mass is 9.95. The van der Waals surface area contributed by atoms with E-state index >= 15 is 0 Å². The average molecular weight is 527 g/mol. The number of nitrogens with zero attached hydrogens (tertiary/aromatic N) is 4. The number of benzene rings is 1. The lowest BCUT2D eigenvalue weighted by Crippen LogP contribution is -2.43. The first-order valence-corrected chi connectivity index (χ1v) is 11.9. The number of alkyl halides is 1. The van der Waals surface area contributed by atoms with Crippen LogP contribution in [-0.2, 0) is 0 Å². The van der Waals surface area contributed by atoms with Crippen molar-refractivity contribution in [1.29, 1.82) is 0 Å². The number of rotatable bonds is 5. The molecule has 3 aliphatic heterocycles. The van der Waals surface area contributed by atoms with Gasteiger partial charge in [-0.15, -0.1) is 0 Å². The molecule has 33 heavy (non-hydrogen) atoms. The number of hydrogen-bond donors (Lipinski definition) is 1. The number of ether oxygens (including phenoxy) is 2. The third-order valence-corrected chi connectivity index (χ3v) is 7.74. The van der Waals surface area contributed by atoms with Gasteiger partial charge in [0.25, 0.3) is 0 Å². The van der Waals surface area contributed by atoms with Gasteiger partial charge >= 0.3 is 12.1 Å². The first kappa shape index (κ1) is 22.5. The smallest absolute Gasteiger partial charge is 0.407 e. The van der Waals surface area contributed by atoms with Gasteiger partial charge in [-0.2, -0.15) is 9.97 Å². The third-order valence-electron chi connectivity index (χ3n) is 7.13. The van der Waals surface area contributed by atoms with Gasteiger partial charge in [0.15, 0.2) is 5.82 Å². The van der Waals surface area contributed by atoms with Gasteiger partial charge in [0.2, 0.25) is 5.88 Å². The second-order valence-electron chi connectivity index (χ2n) is 9.09. The van der Waals surface area contributed by atoms with E-state index in [2.05, 4.69) is 30.8 Å². The van der Waals surface area contributed by atoms with E-state index in [1.165, 1.54) is 4.90 Å². The maximum atomic E-state index is 14.9. The molecule has 5 rings (SSSR count). The Kier molecular flexibility index (Phi) is 5.80. The van der Waals surface area contributed by atoms with Crippen molar-refractivity contribution in [2.24, 2.45) is 0 Å². The number of carbonyl (C=O) groups is 1. The van der Waals surface area contributed by atoms with Gasteiger partial charge in [-0.1, -0.05) is 0 Å². The average Bonchev–Trinajstić information content (AvgIpc) is 3.41. The molecule has 3 aliphatic rings. The first-order valence-electron chi connectivity index (χ1n) is 11.1. The number of fused-ring (bicyclic) bond motifs is 2. The highest BCUT2D eigenvalue weighted by Gasteiger charge is 2.49. The monoisotopic (exact) mass is 526 g/mol. The Morgan fingerprint density at radius 2 is 2.18 bits per heavy atom. The Hall–Kier alpha value is -2.27. The van der Waals surface area contributed by atoms with E-state index < -0.39 is 29.7 Å². The zero-order chi connectivity index (χ0) is 23.3. The van der Waals surface area contributed by atoms with Crippen LogP contribution in [0.2, 0.25) is 0 Å². The van der Waals surface area contributed by atoms with Crippen molar-refractivity contribution in [2.45, 2.75) is 56.5 Å². The van der Waals surface area contributed by atoms with Crippen molar-refractivity contribution in [3.05, 3.63) is 22.4 Å². The third kappa shape index (κ3) is 3.99. The van der Waals surface area contributed by atoms with E-state index in [1.54, 1.807) is 19.1 Å². The van der Waals surface area contributed by atoms with Crippen LogP contribution in [0.1, 0.15) is 32.6 Å². The molecule has 2 aromatic rings. The van der Waals surface area contributed by atoms with Crippen molar-refractivity contribution in [1.82, 2.24) is 19.8 Å². The molecule has 11 heteroatoms. The van der Waals surface area contributed by atoms with E-state index in [-0.39, 0.29) is 34.5 Å². The van der Waals surface area contributed by atoms with Crippen molar-refractivity contribution >= 4 is 32.9 Å². The van der Waals surface area contributed by atoms with Crippen molar-refractivity contribution < 1.29 is 28.2 Å². The lowest BCUT2D eigenvalue weighted by Gasteiger charge is -2.30. The Bertz CT molecular complexity index is 1090. The molecule has 4 atom stereocenters. The van der Waals surface area contributed by atoms with Crippen LogP contribution in [0, 0.1) is 5.82 Å². The number of carboxylic acid groups (broad SMARTS) is 1. The van der Waals surface area contributed by atoms with E-state index in [9.17, 15) is 18.7 Å². The highest BCUT2D eigenvalue weighted by Crippen LogP contribution is 2.40. The van der Waals surface area contributed by atoms with Crippen LogP contribution in [0.3, 0.4) is 0 Å². The summed E-state index contributed by atoms with van der Waals surface area (Å²) in [5, 5.41) is 9.73. The van der Waals surface area contributed by atoms with Crippen LogP contribution >= 0.6 is 15.9 Å². The molecule has 0 bridgehead atoms. The number of halogens is 3.